The summed E-state index contributed by atoms with van der Waals surface area (Å²) in [5.74, 6) is -0.0563. The number of rotatable bonds is 6. The first-order chi connectivity index (χ1) is 12.6. The summed E-state index contributed by atoms with van der Waals surface area (Å²) >= 11 is 0. The number of amides is 1. The normalized spacial score (nSPS) is 17.1. The van der Waals surface area contributed by atoms with E-state index in [2.05, 4.69) is 18.7 Å². The quantitative estimate of drug-likeness (QED) is 0.743. The second kappa shape index (κ2) is 8.71. The summed E-state index contributed by atoms with van der Waals surface area (Å²) in [5, 5.41) is 0. The molecule has 27 heavy (non-hydrogen) atoms. The van der Waals surface area contributed by atoms with Crippen molar-refractivity contribution < 1.29 is 13.2 Å². The Morgan fingerprint density at radius 1 is 1.04 bits per heavy atom. The lowest BCUT2D eigenvalue weighted by Gasteiger charge is -2.38. The van der Waals surface area contributed by atoms with Crippen molar-refractivity contribution in [3.05, 3.63) is 29.8 Å². The molecule has 2 rings (SSSR count). The molecule has 1 aliphatic rings. The Hall–Kier alpha value is -1.44. The molecule has 6 nitrogen and oxygen atoms in total. The van der Waals surface area contributed by atoms with Gasteiger partial charge in [0, 0.05) is 50.9 Å². The molecule has 0 N–H and O–H groups in total. The fourth-order valence-electron chi connectivity index (χ4n) is 3.37. The second-order valence-corrected chi connectivity index (χ2v) is 9.91. The molecule has 0 radical (unpaired) electrons. The smallest absolute Gasteiger partial charge is 0.253 e. The molecule has 0 bridgehead atoms. The highest BCUT2D eigenvalue weighted by Crippen LogP contribution is 2.21. The average Bonchev–Trinajstić information content (AvgIpc) is 2.66. The van der Waals surface area contributed by atoms with Crippen LogP contribution in [0.1, 0.15) is 50.9 Å². The summed E-state index contributed by atoms with van der Waals surface area (Å²) in [6.45, 7) is 10.0. The summed E-state index contributed by atoms with van der Waals surface area (Å²) in [4.78, 5) is 17.3. The lowest BCUT2D eigenvalue weighted by atomic mass is 10.0. The highest BCUT2D eigenvalue weighted by Gasteiger charge is 2.28. The highest BCUT2D eigenvalue weighted by molar-refractivity contribution is 7.89. The summed E-state index contributed by atoms with van der Waals surface area (Å²) in [5.41, 5.74) is 0.523. The van der Waals surface area contributed by atoms with E-state index in [1.807, 2.05) is 20.9 Å². The van der Waals surface area contributed by atoms with Gasteiger partial charge in [-0.25, -0.2) is 8.42 Å². The van der Waals surface area contributed by atoms with Crippen LogP contribution in [0.2, 0.25) is 0 Å². The molecule has 1 saturated heterocycles. The Balaban J connectivity index is 2.07. The zero-order chi connectivity index (χ0) is 20.4. The van der Waals surface area contributed by atoms with E-state index in [1.54, 1.807) is 24.1 Å². The van der Waals surface area contributed by atoms with Gasteiger partial charge in [0.05, 0.1) is 4.90 Å². The molecule has 1 heterocycles. The molecule has 152 valence electrons. The minimum Gasteiger partial charge on any atom is -0.339 e. The SMILES string of the molecule is CC(C)N1CCC(N(C)C(=O)c2ccc(S(=O)(=O)N(C)C(C)C)cc2)CC1. The fourth-order valence-corrected chi connectivity index (χ4v) is 4.74. The van der Waals surface area contributed by atoms with Crippen LogP contribution in [-0.4, -0.2) is 73.7 Å². The minimum absolute atomic E-state index is 0.0563. The molecular weight excluding hydrogens is 362 g/mol. The van der Waals surface area contributed by atoms with Crippen LogP contribution >= 0.6 is 0 Å². The fraction of sp³-hybridized carbons (Fsp3) is 0.650. The Labute approximate surface area is 164 Å². The van der Waals surface area contributed by atoms with Gasteiger partial charge in [0.15, 0.2) is 0 Å². The van der Waals surface area contributed by atoms with Crippen LogP contribution in [-0.2, 0) is 10.0 Å². The van der Waals surface area contributed by atoms with E-state index in [9.17, 15) is 13.2 Å². The van der Waals surface area contributed by atoms with Gasteiger partial charge in [0.25, 0.3) is 5.91 Å². The Bertz CT molecular complexity index is 736. The van der Waals surface area contributed by atoms with Crippen molar-refractivity contribution in [1.29, 1.82) is 0 Å². The molecule has 0 aliphatic carbocycles. The number of nitrogens with zero attached hydrogens (tertiary/aromatic N) is 3. The second-order valence-electron chi connectivity index (χ2n) is 7.92. The zero-order valence-corrected chi connectivity index (χ0v) is 18.2. The van der Waals surface area contributed by atoms with Crippen molar-refractivity contribution in [2.24, 2.45) is 0 Å². The van der Waals surface area contributed by atoms with E-state index in [0.29, 0.717) is 11.6 Å². The number of sulfonamides is 1. The van der Waals surface area contributed by atoms with Gasteiger partial charge >= 0.3 is 0 Å². The van der Waals surface area contributed by atoms with E-state index >= 15 is 0 Å². The van der Waals surface area contributed by atoms with Gasteiger partial charge in [-0.15, -0.1) is 0 Å². The third-order valence-electron chi connectivity index (χ3n) is 5.60. The molecule has 7 heteroatoms. The van der Waals surface area contributed by atoms with Crippen molar-refractivity contribution >= 4 is 15.9 Å². The van der Waals surface area contributed by atoms with Crippen LogP contribution < -0.4 is 0 Å². The number of piperidine rings is 1. The van der Waals surface area contributed by atoms with Gasteiger partial charge in [-0.1, -0.05) is 0 Å². The first-order valence-electron chi connectivity index (χ1n) is 9.65. The van der Waals surface area contributed by atoms with Gasteiger partial charge in [0.2, 0.25) is 10.0 Å². The summed E-state index contributed by atoms with van der Waals surface area (Å²) in [6, 6.07) is 6.91. The molecule has 0 saturated carbocycles. The first-order valence-corrected chi connectivity index (χ1v) is 11.1. The topological polar surface area (TPSA) is 60.9 Å². The number of hydrogen-bond donors (Lipinski definition) is 0. The first kappa shape index (κ1) is 21.9. The Morgan fingerprint density at radius 2 is 1.56 bits per heavy atom. The standard InChI is InChI=1S/C20H33N3O3S/c1-15(2)22(6)27(25,26)19-9-7-17(8-10-19)20(24)21(5)18-11-13-23(14-12-18)16(3)4/h7-10,15-16,18H,11-14H2,1-6H3. The van der Waals surface area contributed by atoms with Gasteiger partial charge in [-0.2, -0.15) is 4.31 Å². The third kappa shape index (κ3) is 4.89. The molecule has 0 spiro atoms. The van der Waals surface area contributed by atoms with Crippen LogP contribution in [0.5, 0.6) is 0 Å². The molecule has 1 aromatic carbocycles. The predicted molar refractivity (Wildman–Crippen MR) is 108 cm³/mol. The van der Waals surface area contributed by atoms with Crippen molar-refractivity contribution in [1.82, 2.24) is 14.1 Å². The van der Waals surface area contributed by atoms with E-state index in [1.165, 1.54) is 16.4 Å². The number of likely N-dealkylation sites (tertiary alicyclic amines) is 1. The van der Waals surface area contributed by atoms with Gasteiger partial charge in [-0.05, 0) is 64.8 Å². The van der Waals surface area contributed by atoms with Crippen LogP contribution in [0.15, 0.2) is 29.2 Å². The monoisotopic (exact) mass is 395 g/mol. The average molecular weight is 396 g/mol. The van der Waals surface area contributed by atoms with Gasteiger partial charge < -0.3 is 9.80 Å². The lowest BCUT2D eigenvalue weighted by molar-refractivity contribution is 0.0615. The number of carbonyl (C=O) groups excluding carboxylic acids is 1. The summed E-state index contributed by atoms with van der Waals surface area (Å²) < 4.78 is 26.4. The predicted octanol–water partition coefficient (Wildman–Crippen LogP) is 2.66. The maximum absolute atomic E-state index is 12.8. The van der Waals surface area contributed by atoms with Crippen molar-refractivity contribution in [2.75, 3.05) is 27.2 Å². The molecule has 0 aromatic heterocycles. The van der Waals surface area contributed by atoms with Crippen LogP contribution in [0, 0.1) is 0 Å². The van der Waals surface area contributed by atoms with Gasteiger partial charge in [0.1, 0.15) is 0 Å². The van der Waals surface area contributed by atoms with Crippen LogP contribution in [0.25, 0.3) is 0 Å². The van der Waals surface area contributed by atoms with E-state index < -0.39 is 10.0 Å². The zero-order valence-electron chi connectivity index (χ0n) is 17.3. The maximum Gasteiger partial charge on any atom is 0.253 e. The number of benzene rings is 1. The molecule has 0 atom stereocenters. The van der Waals surface area contributed by atoms with E-state index in [4.69, 9.17) is 0 Å². The van der Waals surface area contributed by atoms with Gasteiger partial charge in [-0.3, -0.25) is 4.79 Å². The Morgan fingerprint density at radius 3 is 2.00 bits per heavy atom. The molecule has 1 aliphatic heterocycles. The van der Waals surface area contributed by atoms with E-state index in [-0.39, 0.29) is 22.9 Å². The van der Waals surface area contributed by atoms with Crippen LogP contribution in [0.4, 0.5) is 0 Å². The maximum atomic E-state index is 12.8. The molecule has 1 fully saturated rings. The molecule has 1 aromatic rings. The summed E-state index contributed by atoms with van der Waals surface area (Å²) in [6.07, 6.45) is 1.93. The molecule has 0 unspecified atom stereocenters. The minimum atomic E-state index is -3.53. The molecule has 1 amide bonds. The number of hydrogen-bond acceptors (Lipinski definition) is 4. The largest absolute Gasteiger partial charge is 0.339 e. The Kier molecular flexibility index (Phi) is 7.05. The van der Waals surface area contributed by atoms with Crippen LogP contribution in [0.3, 0.4) is 0 Å². The highest BCUT2D eigenvalue weighted by atomic mass is 32.2. The molecular formula is C20H33N3O3S. The van der Waals surface area contributed by atoms with E-state index in [0.717, 1.165) is 25.9 Å². The third-order valence-corrected chi connectivity index (χ3v) is 7.65. The van der Waals surface area contributed by atoms with Crippen molar-refractivity contribution in [3.63, 3.8) is 0 Å². The lowest BCUT2D eigenvalue weighted by Crippen LogP contribution is -2.47. The number of carbonyl (C=O) groups is 1. The summed E-state index contributed by atoms with van der Waals surface area (Å²) in [7, 11) is -0.125. The van der Waals surface area contributed by atoms with Crippen molar-refractivity contribution in [3.8, 4) is 0 Å². The van der Waals surface area contributed by atoms with Crippen molar-refractivity contribution in [2.45, 2.75) is 63.6 Å².